The van der Waals surface area contributed by atoms with Crippen LogP contribution in [0, 0.1) is 17.8 Å². The molecule has 2 fully saturated rings. The number of fused-ring (bicyclic) bond motifs is 2. The summed E-state index contributed by atoms with van der Waals surface area (Å²) in [5, 5.41) is 5.41. The van der Waals surface area contributed by atoms with Gasteiger partial charge in [0.05, 0.1) is 6.54 Å². The summed E-state index contributed by atoms with van der Waals surface area (Å²) in [5.41, 5.74) is 0. The standard InChI is InChI=1S/C21H31N3O3/c1-15(19-13-16-8-9-17(19)12-16)22-21(26)23-20(25)14-24(2)10-11-27-18-6-4-3-5-7-18/h3-7,15-17,19H,8-14H2,1-2H3,(H2,22,23,25,26). The van der Waals surface area contributed by atoms with E-state index in [1.807, 2.05) is 42.3 Å². The minimum atomic E-state index is -0.385. The van der Waals surface area contributed by atoms with Crippen molar-refractivity contribution in [2.45, 2.75) is 38.6 Å². The number of nitrogens with zero attached hydrogens (tertiary/aromatic N) is 1. The number of benzene rings is 1. The number of rotatable bonds is 8. The molecule has 4 atom stereocenters. The van der Waals surface area contributed by atoms with Crippen molar-refractivity contribution in [2.75, 3.05) is 26.7 Å². The van der Waals surface area contributed by atoms with Crippen LogP contribution in [-0.2, 0) is 4.79 Å². The average molecular weight is 373 g/mol. The summed E-state index contributed by atoms with van der Waals surface area (Å²) in [7, 11) is 1.84. The molecular weight excluding hydrogens is 342 g/mol. The van der Waals surface area contributed by atoms with Gasteiger partial charge >= 0.3 is 6.03 Å². The highest BCUT2D eigenvalue weighted by molar-refractivity contribution is 5.95. The Hall–Kier alpha value is -2.08. The minimum absolute atomic E-state index is 0.116. The highest BCUT2D eigenvalue weighted by Crippen LogP contribution is 2.49. The van der Waals surface area contributed by atoms with Gasteiger partial charge in [0, 0.05) is 12.6 Å². The second-order valence-corrected chi connectivity index (χ2v) is 8.05. The average Bonchev–Trinajstić information content (AvgIpc) is 3.25. The molecule has 0 radical (unpaired) electrons. The van der Waals surface area contributed by atoms with Crippen molar-refractivity contribution >= 4 is 11.9 Å². The van der Waals surface area contributed by atoms with Crippen LogP contribution in [0.25, 0.3) is 0 Å². The van der Waals surface area contributed by atoms with Gasteiger partial charge in [-0.3, -0.25) is 15.0 Å². The van der Waals surface area contributed by atoms with Gasteiger partial charge < -0.3 is 10.1 Å². The Morgan fingerprint density at radius 1 is 1.22 bits per heavy atom. The lowest BCUT2D eigenvalue weighted by Gasteiger charge is -2.28. The molecule has 3 amide bonds. The number of likely N-dealkylation sites (N-methyl/N-ethyl adjacent to an activating group) is 1. The van der Waals surface area contributed by atoms with Gasteiger partial charge in [-0.05, 0) is 63.1 Å². The van der Waals surface area contributed by atoms with Crippen molar-refractivity contribution in [3.05, 3.63) is 30.3 Å². The second kappa shape index (κ2) is 9.22. The van der Waals surface area contributed by atoms with Crippen LogP contribution in [0.1, 0.15) is 32.6 Å². The maximum atomic E-state index is 12.1. The molecule has 0 saturated heterocycles. The van der Waals surface area contributed by atoms with E-state index in [1.54, 1.807) is 0 Å². The van der Waals surface area contributed by atoms with Crippen LogP contribution in [0.4, 0.5) is 4.79 Å². The number of amides is 3. The number of nitrogens with one attached hydrogen (secondary N) is 2. The van der Waals surface area contributed by atoms with Crippen molar-refractivity contribution in [3.63, 3.8) is 0 Å². The first-order valence-corrected chi connectivity index (χ1v) is 9.98. The van der Waals surface area contributed by atoms with Crippen molar-refractivity contribution in [2.24, 2.45) is 17.8 Å². The number of imide groups is 1. The number of carbonyl (C=O) groups excluding carboxylic acids is 2. The number of ether oxygens (including phenoxy) is 1. The van der Waals surface area contributed by atoms with Gasteiger partial charge in [-0.2, -0.15) is 0 Å². The zero-order chi connectivity index (χ0) is 19.2. The first-order chi connectivity index (χ1) is 13.0. The fourth-order valence-corrected chi connectivity index (χ4v) is 4.58. The summed E-state index contributed by atoms with van der Waals surface area (Å²) in [6.45, 7) is 3.31. The number of hydrogen-bond acceptors (Lipinski definition) is 4. The van der Waals surface area contributed by atoms with E-state index < -0.39 is 0 Å². The Morgan fingerprint density at radius 3 is 2.67 bits per heavy atom. The molecule has 2 saturated carbocycles. The fourth-order valence-electron chi connectivity index (χ4n) is 4.58. The van der Waals surface area contributed by atoms with Crippen LogP contribution in [0.3, 0.4) is 0 Å². The smallest absolute Gasteiger partial charge is 0.321 e. The van der Waals surface area contributed by atoms with Crippen molar-refractivity contribution < 1.29 is 14.3 Å². The number of carbonyl (C=O) groups is 2. The number of urea groups is 1. The van der Waals surface area contributed by atoms with E-state index in [2.05, 4.69) is 17.6 Å². The third-order valence-electron chi connectivity index (χ3n) is 5.95. The molecule has 1 aromatic carbocycles. The summed E-state index contributed by atoms with van der Waals surface area (Å²) in [5.74, 6) is 2.67. The summed E-state index contributed by atoms with van der Waals surface area (Å²) >= 11 is 0. The van der Waals surface area contributed by atoms with E-state index >= 15 is 0 Å². The summed E-state index contributed by atoms with van der Waals surface area (Å²) in [4.78, 5) is 26.0. The third kappa shape index (κ3) is 5.70. The topological polar surface area (TPSA) is 70.7 Å². The van der Waals surface area contributed by atoms with E-state index in [4.69, 9.17) is 4.74 Å². The lowest BCUT2D eigenvalue weighted by molar-refractivity contribution is -0.120. The van der Waals surface area contributed by atoms with Crippen LogP contribution in [0.2, 0.25) is 0 Å². The second-order valence-electron chi connectivity index (χ2n) is 8.05. The normalized spacial score (nSPS) is 24.6. The number of para-hydroxylation sites is 1. The van der Waals surface area contributed by atoms with E-state index in [9.17, 15) is 9.59 Å². The zero-order valence-corrected chi connectivity index (χ0v) is 16.3. The molecule has 3 rings (SSSR count). The van der Waals surface area contributed by atoms with E-state index in [0.717, 1.165) is 17.6 Å². The molecule has 0 spiro atoms. The monoisotopic (exact) mass is 373 g/mol. The van der Waals surface area contributed by atoms with Gasteiger partial charge in [-0.15, -0.1) is 0 Å². The first-order valence-electron chi connectivity index (χ1n) is 9.98. The van der Waals surface area contributed by atoms with Gasteiger partial charge in [0.15, 0.2) is 0 Å². The molecule has 6 heteroatoms. The Morgan fingerprint density at radius 2 is 2.00 bits per heavy atom. The van der Waals surface area contributed by atoms with Crippen LogP contribution in [0.5, 0.6) is 5.75 Å². The maximum absolute atomic E-state index is 12.1. The Balaban J connectivity index is 1.31. The lowest BCUT2D eigenvalue weighted by Crippen LogP contribution is -2.49. The lowest BCUT2D eigenvalue weighted by atomic mass is 9.84. The highest BCUT2D eigenvalue weighted by atomic mass is 16.5. The highest BCUT2D eigenvalue weighted by Gasteiger charge is 2.42. The zero-order valence-electron chi connectivity index (χ0n) is 16.3. The van der Waals surface area contributed by atoms with Crippen LogP contribution in [0.15, 0.2) is 30.3 Å². The predicted octanol–water partition coefficient (Wildman–Crippen LogP) is 2.65. The third-order valence-corrected chi connectivity index (χ3v) is 5.95. The molecule has 4 unspecified atom stereocenters. The molecule has 27 heavy (non-hydrogen) atoms. The molecule has 1 aromatic rings. The Bertz CT molecular complexity index is 637. The van der Waals surface area contributed by atoms with Crippen molar-refractivity contribution in [3.8, 4) is 5.75 Å². The molecule has 2 aliphatic rings. The van der Waals surface area contributed by atoms with Crippen molar-refractivity contribution in [1.29, 1.82) is 0 Å². The van der Waals surface area contributed by atoms with Gasteiger partial charge in [-0.25, -0.2) is 4.79 Å². The quantitative estimate of drug-likeness (QED) is 0.735. The minimum Gasteiger partial charge on any atom is -0.492 e. The maximum Gasteiger partial charge on any atom is 0.321 e. The van der Waals surface area contributed by atoms with Gasteiger partial charge in [-0.1, -0.05) is 24.6 Å². The fraction of sp³-hybridized carbons (Fsp3) is 0.619. The van der Waals surface area contributed by atoms with Crippen LogP contribution in [-0.4, -0.2) is 49.6 Å². The summed E-state index contributed by atoms with van der Waals surface area (Å²) in [6, 6.07) is 9.30. The predicted molar refractivity (Wildman–Crippen MR) is 105 cm³/mol. The molecule has 0 aromatic heterocycles. The summed E-state index contributed by atoms with van der Waals surface area (Å²) in [6.07, 6.45) is 5.16. The van der Waals surface area contributed by atoms with Gasteiger partial charge in [0.25, 0.3) is 0 Å². The van der Waals surface area contributed by atoms with E-state index in [0.29, 0.717) is 19.1 Å². The van der Waals surface area contributed by atoms with Crippen LogP contribution >= 0.6 is 0 Å². The Labute approximate surface area is 161 Å². The Kier molecular flexibility index (Phi) is 6.72. The van der Waals surface area contributed by atoms with Gasteiger partial charge in [0.2, 0.25) is 5.91 Å². The molecule has 2 bridgehead atoms. The molecule has 2 aliphatic carbocycles. The van der Waals surface area contributed by atoms with Gasteiger partial charge in [0.1, 0.15) is 12.4 Å². The SMILES string of the molecule is CC(NC(=O)NC(=O)CN(C)CCOc1ccccc1)C1CC2CCC1C2. The molecular formula is C21H31N3O3. The largest absolute Gasteiger partial charge is 0.492 e. The van der Waals surface area contributed by atoms with E-state index in [-0.39, 0.29) is 24.5 Å². The molecule has 148 valence electrons. The summed E-state index contributed by atoms with van der Waals surface area (Å²) < 4.78 is 5.62. The molecule has 0 heterocycles. The molecule has 0 aliphatic heterocycles. The van der Waals surface area contributed by atoms with E-state index in [1.165, 1.54) is 25.7 Å². The van der Waals surface area contributed by atoms with Crippen LogP contribution < -0.4 is 15.4 Å². The molecule has 2 N–H and O–H groups in total. The van der Waals surface area contributed by atoms with Crippen molar-refractivity contribution in [1.82, 2.24) is 15.5 Å². The first kappa shape index (κ1) is 19.7. The number of hydrogen-bond donors (Lipinski definition) is 2. The molecule has 6 nitrogen and oxygen atoms in total.